The number of carbonyl (C=O) groups is 1. The van der Waals surface area contributed by atoms with E-state index in [4.69, 9.17) is 0 Å². The number of hydrogen-bond donors (Lipinski definition) is 0. The van der Waals surface area contributed by atoms with E-state index in [9.17, 15) is 13.6 Å². The molecular formula is C8H11F2N2O+. The Morgan fingerprint density at radius 3 is 2.85 bits per heavy atom. The summed E-state index contributed by atoms with van der Waals surface area (Å²) < 4.78 is 25.3. The first-order chi connectivity index (χ1) is 6.05. The summed E-state index contributed by atoms with van der Waals surface area (Å²) in [6.07, 6.45) is -0.238. The van der Waals surface area contributed by atoms with E-state index in [1.165, 1.54) is 0 Å². The Morgan fingerprint density at radius 2 is 2.38 bits per heavy atom. The lowest BCUT2D eigenvalue weighted by Crippen LogP contribution is -2.32. The van der Waals surface area contributed by atoms with Gasteiger partial charge in [-0.2, -0.15) is 0 Å². The van der Waals surface area contributed by atoms with Crippen LogP contribution in [0.2, 0.25) is 0 Å². The van der Waals surface area contributed by atoms with E-state index < -0.39 is 12.5 Å². The van der Waals surface area contributed by atoms with Crippen LogP contribution in [0, 0.1) is 6.07 Å². The summed E-state index contributed by atoms with van der Waals surface area (Å²) in [4.78, 5) is 15.9. The molecule has 0 aromatic carbocycles. The third-order valence-corrected chi connectivity index (χ3v) is 1.89. The average Bonchev–Trinajstić information content (AvgIpc) is 2.42. The Morgan fingerprint density at radius 1 is 1.69 bits per heavy atom. The lowest BCUT2D eigenvalue weighted by atomic mass is 10.3. The van der Waals surface area contributed by atoms with Gasteiger partial charge in [0.05, 0.1) is 13.5 Å². The fraction of sp³-hybridized carbons (Fsp3) is 0.750. The van der Waals surface area contributed by atoms with Crippen LogP contribution in [0.3, 0.4) is 0 Å². The minimum Gasteiger partial charge on any atom is -0.330 e. The van der Waals surface area contributed by atoms with E-state index in [0.29, 0.717) is 0 Å². The largest absolute Gasteiger partial charge is 0.340 e. The number of alkyl halides is 2. The lowest BCUT2D eigenvalue weighted by molar-refractivity contribution is -0.129. The predicted molar refractivity (Wildman–Crippen MR) is 43.9 cm³/mol. The molecule has 3 nitrogen and oxygen atoms in total. The first-order valence-corrected chi connectivity index (χ1v) is 4.04. The first kappa shape index (κ1) is 9.90. The molecule has 0 bridgehead atoms. The van der Waals surface area contributed by atoms with Gasteiger partial charge in [-0.05, 0) is 0 Å². The van der Waals surface area contributed by atoms with Gasteiger partial charge in [-0.25, -0.2) is 8.78 Å². The summed E-state index contributed by atoms with van der Waals surface area (Å²) in [7, 11) is 0. The van der Waals surface area contributed by atoms with E-state index in [1.54, 1.807) is 6.92 Å². The Kier molecular flexibility index (Phi) is 2.81. The van der Waals surface area contributed by atoms with Crippen molar-refractivity contribution in [3.63, 3.8) is 0 Å². The molecule has 1 aliphatic rings. The van der Waals surface area contributed by atoms with Crippen LogP contribution in [-0.2, 0) is 4.79 Å². The SMILES string of the molecule is CC#[N+]CC(=O)N1CCC(F)(F)C1. The molecular weight excluding hydrogens is 178 g/mol. The topological polar surface area (TPSA) is 24.7 Å². The molecule has 0 aromatic heterocycles. The van der Waals surface area contributed by atoms with Crippen molar-refractivity contribution in [2.24, 2.45) is 0 Å². The predicted octanol–water partition coefficient (Wildman–Crippen LogP) is 1.21. The average molecular weight is 189 g/mol. The summed E-state index contributed by atoms with van der Waals surface area (Å²) in [5.41, 5.74) is 0. The molecule has 13 heavy (non-hydrogen) atoms. The number of likely N-dealkylation sites (tertiary alicyclic amines) is 1. The molecule has 0 radical (unpaired) electrons. The van der Waals surface area contributed by atoms with Gasteiger partial charge in [0.1, 0.15) is 0 Å². The van der Waals surface area contributed by atoms with Gasteiger partial charge in [0.2, 0.25) is 0 Å². The summed E-state index contributed by atoms with van der Waals surface area (Å²) in [6.45, 7) is 1.15. The molecule has 0 unspecified atom stereocenters. The minimum atomic E-state index is -2.71. The molecule has 0 atom stereocenters. The molecule has 0 aromatic rings. The zero-order chi connectivity index (χ0) is 9.90. The number of halogens is 2. The van der Waals surface area contributed by atoms with Crippen LogP contribution in [-0.4, -0.2) is 36.4 Å². The van der Waals surface area contributed by atoms with E-state index in [-0.39, 0.29) is 25.4 Å². The van der Waals surface area contributed by atoms with Crippen LogP contribution in [0.1, 0.15) is 13.3 Å². The Hall–Kier alpha value is -1.18. The second-order valence-corrected chi connectivity index (χ2v) is 2.96. The third-order valence-electron chi connectivity index (χ3n) is 1.89. The Labute approximate surface area is 75.1 Å². The maximum Gasteiger partial charge on any atom is 0.340 e. The van der Waals surface area contributed by atoms with Gasteiger partial charge < -0.3 is 4.90 Å². The van der Waals surface area contributed by atoms with Crippen LogP contribution >= 0.6 is 0 Å². The first-order valence-electron chi connectivity index (χ1n) is 4.04. The van der Waals surface area contributed by atoms with Crippen molar-refractivity contribution in [1.29, 1.82) is 0 Å². The zero-order valence-corrected chi connectivity index (χ0v) is 7.39. The smallest absolute Gasteiger partial charge is 0.330 e. The summed E-state index contributed by atoms with van der Waals surface area (Å²) in [5, 5.41) is 0. The number of amides is 1. The molecule has 1 saturated heterocycles. The van der Waals surface area contributed by atoms with E-state index in [1.807, 2.05) is 0 Å². The highest BCUT2D eigenvalue weighted by atomic mass is 19.3. The second-order valence-electron chi connectivity index (χ2n) is 2.96. The van der Waals surface area contributed by atoms with Gasteiger partial charge in [-0.1, -0.05) is 4.85 Å². The second kappa shape index (κ2) is 3.69. The monoisotopic (exact) mass is 189 g/mol. The van der Waals surface area contributed by atoms with Crippen LogP contribution in [0.4, 0.5) is 8.78 Å². The van der Waals surface area contributed by atoms with E-state index in [2.05, 4.69) is 10.9 Å². The van der Waals surface area contributed by atoms with Crippen molar-refractivity contribution in [1.82, 2.24) is 4.90 Å². The molecule has 1 fully saturated rings. The van der Waals surface area contributed by atoms with Crippen molar-refractivity contribution in [2.45, 2.75) is 19.3 Å². The lowest BCUT2D eigenvalue weighted by Gasteiger charge is -2.11. The normalized spacial score (nSPS) is 19.5. The number of rotatable bonds is 1. The molecule has 1 heterocycles. The maximum atomic E-state index is 12.6. The van der Waals surface area contributed by atoms with Crippen molar-refractivity contribution < 1.29 is 13.6 Å². The maximum absolute atomic E-state index is 12.6. The Bertz CT molecular complexity index is 267. The minimum absolute atomic E-state index is 0.0768. The highest BCUT2D eigenvalue weighted by molar-refractivity contribution is 5.80. The number of nitrogens with zero attached hydrogens (tertiary/aromatic N) is 2. The van der Waals surface area contributed by atoms with Crippen molar-refractivity contribution in [2.75, 3.05) is 19.6 Å². The molecule has 0 N–H and O–H groups in total. The van der Waals surface area contributed by atoms with E-state index >= 15 is 0 Å². The van der Waals surface area contributed by atoms with Crippen LogP contribution in [0.15, 0.2) is 0 Å². The Balaban J connectivity index is 2.45. The van der Waals surface area contributed by atoms with Gasteiger partial charge in [0, 0.05) is 13.0 Å². The molecule has 1 amide bonds. The molecule has 72 valence electrons. The molecule has 5 heteroatoms. The van der Waals surface area contributed by atoms with Crippen molar-refractivity contribution >= 4 is 5.91 Å². The number of carbonyl (C=O) groups excluding carboxylic acids is 1. The van der Waals surface area contributed by atoms with Crippen molar-refractivity contribution in [3.8, 4) is 6.07 Å². The standard InChI is InChI=1S/C8H11F2N2O/c1-2-11-5-7(13)12-4-3-8(9,10)6-12/h3-6H2,1H3/q+1. The highest BCUT2D eigenvalue weighted by Gasteiger charge is 2.40. The van der Waals surface area contributed by atoms with E-state index in [0.717, 1.165) is 4.90 Å². The summed E-state index contributed by atoms with van der Waals surface area (Å²) in [5.74, 6) is -3.07. The highest BCUT2D eigenvalue weighted by Crippen LogP contribution is 2.26. The van der Waals surface area contributed by atoms with Gasteiger partial charge in [0.25, 0.3) is 12.0 Å². The van der Waals surface area contributed by atoms with Gasteiger partial charge in [-0.3, -0.25) is 4.79 Å². The van der Waals surface area contributed by atoms with Crippen LogP contribution < -0.4 is 0 Å². The van der Waals surface area contributed by atoms with Crippen molar-refractivity contribution in [3.05, 3.63) is 4.85 Å². The fourth-order valence-electron chi connectivity index (χ4n) is 1.20. The summed E-state index contributed by atoms with van der Waals surface area (Å²) in [6, 6.07) is 2.43. The van der Waals surface area contributed by atoms with Gasteiger partial charge >= 0.3 is 12.5 Å². The fourth-order valence-corrected chi connectivity index (χ4v) is 1.20. The molecule has 1 aliphatic heterocycles. The zero-order valence-electron chi connectivity index (χ0n) is 7.39. The van der Waals surface area contributed by atoms with Crippen LogP contribution in [0.25, 0.3) is 4.85 Å². The molecule has 0 spiro atoms. The van der Waals surface area contributed by atoms with Crippen LogP contribution in [0.5, 0.6) is 0 Å². The van der Waals surface area contributed by atoms with Gasteiger partial charge in [0.15, 0.2) is 0 Å². The molecule has 0 aliphatic carbocycles. The molecule has 1 rings (SSSR count). The summed E-state index contributed by atoms with van der Waals surface area (Å²) >= 11 is 0. The molecule has 0 saturated carbocycles. The third kappa shape index (κ3) is 2.65. The van der Waals surface area contributed by atoms with Gasteiger partial charge in [-0.15, -0.1) is 0 Å². The number of hydrogen-bond acceptors (Lipinski definition) is 1. The quantitative estimate of drug-likeness (QED) is 0.608.